The number of carbonyl (C=O) groups excluding carboxylic acids is 1. The fourth-order valence-corrected chi connectivity index (χ4v) is 1.06. The average Bonchev–Trinajstić information content (AvgIpc) is 2.41. The van der Waals surface area contributed by atoms with E-state index in [1.54, 1.807) is 13.8 Å². The summed E-state index contributed by atoms with van der Waals surface area (Å²) in [6.45, 7) is 11.0. The van der Waals surface area contributed by atoms with Crippen LogP contribution in [0.4, 0.5) is 0 Å². The molecular formula is C19H36O2. The van der Waals surface area contributed by atoms with Crippen LogP contribution in [-0.2, 0) is 4.79 Å². The maximum atomic E-state index is 9.44. The van der Waals surface area contributed by atoms with Gasteiger partial charge in [-0.05, 0) is 27.7 Å². The number of benzene rings is 1. The zero-order valence-corrected chi connectivity index (χ0v) is 14.9. The minimum absolute atomic E-state index is 0.167. The van der Waals surface area contributed by atoms with Gasteiger partial charge in [-0.1, -0.05) is 82.3 Å². The molecule has 1 rings (SSSR count). The van der Waals surface area contributed by atoms with Crippen LogP contribution in [-0.4, -0.2) is 17.0 Å². The normalized spacial score (nSPS) is 8.38. The summed E-state index contributed by atoms with van der Waals surface area (Å²) < 4.78 is 0. The van der Waals surface area contributed by atoms with Gasteiger partial charge in [-0.15, -0.1) is 0 Å². The van der Waals surface area contributed by atoms with Crippen LogP contribution in [0.5, 0.6) is 0 Å². The predicted octanol–water partition coefficient (Wildman–Crippen LogP) is 5.65. The van der Waals surface area contributed by atoms with Gasteiger partial charge >= 0.3 is 0 Å². The van der Waals surface area contributed by atoms with Crippen LogP contribution in [0.3, 0.4) is 0 Å². The first-order chi connectivity index (χ1) is 9.88. The van der Waals surface area contributed by atoms with Gasteiger partial charge in [0.25, 0.3) is 0 Å². The third-order valence-electron chi connectivity index (χ3n) is 1.87. The van der Waals surface area contributed by atoms with Crippen molar-refractivity contribution in [2.45, 2.75) is 79.8 Å². The Hall–Kier alpha value is -1.15. The van der Waals surface area contributed by atoms with Gasteiger partial charge in [0.2, 0.25) is 0 Å². The van der Waals surface area contributed by atoms with Crippen molar-refractivity contribution in [1.82, 2.24) is 0 Å². The maximum Gasteiger partial charge on any atom is 0.126 e. The molecule has 21 heavy (non-hydrogen) atoms. The largest absolute Gasteiger partial charge is 0.394 e. The summed E-state index contributed by atoms with van der Waals surface area (Å²) in [6.07, 6.45) is 6.84. The summed E-state index contributed by atoms with van der Waals surface area (Å²) in [7, 11) is 0. The Morgan fingerprint density at radius 2 is 1.00 bits per heavy atom. The van der Waals surface area contributed by atoms with E-state index in [0.29, 0.717) is 0 Å². The van der Waals surface area contributed by atoms with Crippen molar-refractivity contribution in [2.75, 3.05) is 0 Å². The van der Waals surface area contributed by atoms with Crippen LogP contribution in [0, 0.1) is 0 Å². The van der Waals surface area contributed by atoms with E-state index in [2.05, 4.69) is 13.8 Å². The molecule has 0 spiro atoms. The summed E-state index contributed by atoms with van der Waals surface area (Å²) >= 11 is 0. The second kappa shape index (κ2) is 23.9. The van der Waals surface area contributed by atoms with Gasteiger partial charge in [-0.2, -0.15) is 0 Å². The minimum Gasteiger partial charge on any atom is -0.394 e. The SMILES string of the molecule is CC(C)=O.CC(C)O.CCCCCCC.c1ccccc1. The van der Waals surface area contributed by atoms with E-state index in [0.717, 1.165) is 0 Å². The van der Waals surface area contributed by atoms with Crippen LogP contribution in [0.25, 0.3) is 0 Å². The van der Waals surface area contributed by atoms with Crippen molar-refractivity contribution >= 4 is 5.78 Å². The Morgan fingerprint density at radius 3 is 1.14 bits per heavy atom. The topological polar surface area (TPSA) is 37.3 Å². The van der Waals surface area contributed by atoms with Crippen molar-refractivity contribution in [1.29, 1.82) is 0 Å². The highest BCUT2D eigenvalue weighted by molar-refractivity contribution is 5.72. The van der Waals surface area contributed by atoms with Crippen molar-refractivity contribution in [3.05, 3.63) is 36.4 Å². The molecule has 0 atom stereocenters. The van der Waals surface area contributed by atoms with Gasteiger partial charge in [0.1, 0.15) is 5.78 Å². The minimum atomic E-state index is -0.167. The lowest BCUT2D eigenvalue weighted by molar-refractivity contribution is -0.114. The lowest BCUT2D eigenvalue weighted by Gasteiger charge is -1.90. The first-order valence-electron chi connectivity index (χ1n) is 8.03. The highest BCUT2D eigenvalue weighted by atomic mass is 16.3. The fraction of sp³-hybridized carbons (Fsp3) is 0.632. The van der Waals surface area contributed by atoms with Crippen LogP contribution in [0.15, 0.2) is 36.4 Å². The quantitative estimate of drug-likeness (QED) is 0.729. The highest BCUT2D eigenvalue weighted by Crippen LogP contribution is 2.00. The zero-order valence-electron chi connectivity index (χ0n) is 14.9. The van der Waals surface area contributed by atoms with Crippen LogP contribution in [0.1, 0.15) is 73.6 Å². The Morgan fingerprint density at radius 1 is 0.810 bits per heavy atom. The molecule has 2 nitrogen and oxygen atoms in total. The number of hydrogen-bond acceptors (Lipinski definition) is 2. The van der Waals surface area contributed by atoms with Gasteiger partial charge in [-0.25, -0.2) is 0 Å². The molecule has 0 saturated carbocycles. The van der Waals surface area contributed by atoms with Gasteiger partial charge < -0.3 is 9.90 Å². The van der Waals surface area contributed by atoms with E-state index in [4.69, 9.17) is 5.11 Å². The summed E-state index contributed by atoms with van der Waals surface area (Å²) in [5.41, 5.74) is 0. The standard InChI is InChI=1S/C7H16.C6H6.C3H8O.C3H6O/c1-3-5-7-6-4-2;1-2-4-6-5-3-1;2*1-3(2)4/h3-7H2,1-2H3;1-6H;3-4H,1-2H3;1-2H3. The lowest BCUT2D eigenvalue weighted by Crippen LogP contribution is -1.85. The third kappa shape index (κ3) is 68.3. The van der Waals surface area contributed by atoms with Gasteiger partial charge in [0, 0.05) is 6.10 Å². The number of rotatable bonds is 4. The molecule has 0 radical (unpaired) electrons. The molecule has 124 valence electrons. The van der Waals surface area contributed by atoms with Gasteiger partial charge in [-0.3, -0.25) is 0 Å². The van der Waals surface area contributed by atoms with Crippen molar-refractivity contribution in [3.8, 4) is 0 Å². The van der Waals surface area contributed by atoms with E-state index in [1.807, 2.05) is 36.4 Å². The van der Waals surface area contributed by atoms with E-state index >= 15 is 0 Å². The average molecular weight is 296 g/mol. The first kappa shape index (κ1) is 24.8. The van der Waals surface area contributed by atoms with E-state index in [1.165, 1.54) is 46.0 Å². The maximum absolute atomic E-state index is 9.44. The Labute approximate surface area is 132 Å². The molecule has 0 aromatic heterocycles. The molecule has 1 aromatic carbocycles. The third-order valence-corrected chi connectivity index (χ3v) is 1.87. The number of aliphatic hydroxyl groups is 1. The van der Waals surface area contributed by atoms with E-state index in [9.17, 15) is 4.79 Å². The second-order valence-corrected chi connectivity index (χ2v) is 5.22. The van der Waals surface area contributed by atoms with Crippen LogP contribution in [0.2, 0.25) is 0 Å². The molecule has 0 fully saturated rings. The molecule has 0 saturated heterocycles. The van der Waals surface area contributed by atoms with E-state index in [-0.39, 0.29) is 11.9 Å². The molecule has 0 bridgehead atoms. The Kier molecular flexibility index (Phi) is 28.3. The Balaban J connectivity index is -0.000000213. The molecule has 0 heterocycles. The summed E-state index contributed by atoms with van der Waals surface area (Å²) in [4.78, 5) is 9.44. The molecular weight excluding hydrogens is 260 g/mol. The van der Waals surface area contributed by atoms with Crippen LogP contribution < -0.4 is 0 Å². The van der Waals surface area contributed by atoms with Crippen LogP contribution >= 0.6 is 0 Å². The Bertz CT molecular complexity index is 231. The van der Waals surface area contributed by atoms with E-state index < -0.39 is 0 Å². The second-order valence-electron chi connectivity index (χ2n) is 5.22. The van der Waals surface area contributed by atoms with Crippen molar-refractivity contribution < 1.29 is 9.90 Å². The number of carbonyl (C=O) groups is 1. The summed E-state index contributed by atoms with van der Waals surface area (Å²) in [5, 5.41) is 8.06. The molecule has 2 heteroatoms. The number of ketones is 1. The molecule has 1 aromatic rings. The molecule has 0 amide bonds. The number of Topliss-reactive ketones (excluding diaryl/α,β-unsaturated/α-hetero) is 1. The number of hydrogen-bond donors (Lipinski definition) is 1. The monoisotopic (exact) mass is 296 g/mol. The number of unbranched alkanes of at least 4 members (excludes halogenated alkanes) is 4. The van der Waals surface area contributed by atoms with Gasteiger partial charge in [0.15, 0.2) is 0 Å². The number of aliphatic hydroxyl groups excluding tert-OH is 1. The molecule has 0 unspecified atom stereocenters. The molecule has 0 aliphatic heterocycles. The fourth-order valence-electron chi connectivity index (χ4n) is 1.06. The van der Waals surface area contributed by atoms with Crippen molar-refractivity contribution in [2.24, 2.45) is 0 Å². The lowest BCUT2D eigenvalue weighted by atomic mass is 10.2. The smallest absolute Gasteiger partial charge is 0.126 e. The summed E-state index contributed by atoms with van der Waals surface area (Å²) in [6, 6.07) is 12.0. The molecule has 1 N–H and O–H groups in total. The predicted molar refractivity (Wildman–Crippen MR) is 94.6 cm³/mol. The highest BCUT2D eigenvalue weighted by Gasteiger charge is 1.80. The van der Waals surface area contributed by atoms with Gasteiger partial charge in [0.05, 0.1) is 0 Å². The van der Waals surface area contributed by atoms with Crippen molar-refractivity contribution in [3.63, 3.8) is 0 Å². The molecule has 0 aliphatic carbocycles. The zero-order chi connectivity index (χ0) is 16.9. The summed E-state index contributed by atoms with van der Waals surface area (Å²) in [5.74, 6) is 0.167. The molecule has 0 aliphatic rings. The first-order valence-corrected chi connectivity index (χ1v) is 8.03.